The van der Waals surface area contributed by atoms with Crippen molar-refractivity contribution >= 4 is 5.57 Å². The average Bonchev–Trinajstić information content (AvgIpc) is 2.72. The lowest BCUT2D eigenvalue weighted by molar-refractivity contribution is 1.20. The molecule has 1 aromatic carbocycles. The minimum atomic E-state index is 1.03. The Bertz CT molecular complexity index is 459. The Labute approximate surface area is 105 Å². The third-order valence-corrected chi connectivity index (χ3v) is 2.99. The number of benzene rings is 1. The SMILES string of the molecule is C=CC1=C(/C=C\C)c2cccc(C)c2C1.CC. The van der Waals surface area contributed by atoms with Gasteiger partial charge in [0.15, 0.2) is 0 Å². The fourth-order valence-corrected chi connectivity index (χ4v) is 2.19. The summed E-state index contributed by atoms with van der Waals surface area (Å²) < 4.78 is 0. The molecule has 0 amide bonds. The highest BCUT2D eigenvalue weighted by atomic mass is 14.2. The van der Waals surface area contributed by atoms with Gasteiger partial charge in [-0.1, -0.05) is 56.9 Å². The van der Waals surface area contributed by atoms with Crippen LogP contribution >= 0.6 is 0 Å². The first-order chi connectivity index (χ1) is 8.27. The van der Waals surface area contributed by atoms with E-state index in [1.807, 2.05) is 19.9 Å². The fourth-order valence-electron chi connectivity index (χ4n) is 2.19. The highest BCUT2D eigenvalue weighted by molar-refractivity contribution is 5.85. The van der Waals surface area contributed by atoms with Gasteiger partial charge in [0, 0.05) is 0 Å². The molecular weight excluding hydrogens is 204 g/mol. The maximum absolute atomic E-state index is 3.90. The molecule has 1 aliphatic carbocycles. The highest BCUT2D eigenvalue weighted by Crippen LogP contribution is 2.35. The Hall–Kier alpha value is -1.56. The summed E-state index contributed by atoms with van der Waals surface area (Å²) in [6.07, 6.45) is 7.29. The monoisotopic (exact) mass is 226 g/mol. The van der Waals surface area contributed by atoms with Gasteiger partial charge in [0.05, 0.1) is 0 Å². The molecule has 0 saturated carbocycles. The highest BCUT2D eigenvalue weighted by Gasteiger charge is 2.18. The van der Waals surface area contributed by atoms with Gasteiger partial charge in [0.2, 0.25) is 0 Å². The molecule has 0 nitrogen and oxygen atoms in total. The van der Waals surface area contributed by atoms with Gasteiger partial charge in [-0.2, -0.15) is 0 Å². The molecule has 0 atom stereocenters. The van der Waals surface area contributed by atoms with Gasteiger partial charge < -0.3 is 0 Å². The van der Waals surface area contributed by atoms with Crippen LogP contribution in [0.4, 0.5) is 0 Å². The van der Waals surface area contributed by atoms with Crippen molar-refractivity contribution in [2.75, 3.05) is 0 Å². The van der Waals surface area contributed by atoms with E-state index in [1.54, 1.807) is 0 Å². The molecule has 0 heteroatoms. The number of aryl methyl sites for hydroxylation is 1. The van der Waals surface area contributed by atoms with Gasteiger partial charge in [0.25, 0.3) is 0 Å². The Balaban J connectivity index is 0.000000686. The summed E-state index contributed by atoms with van der Waals surface area (Å²) in [5.41, 5.74) is 6.90. The van der Waals surface area contributed by atoms with Crippen LogP contribution in [0.1, 0.15) is 37.5 Å². The Kier molecular flexibility index (Phi) is 4.96. The van der Waals surface area contributed by atoms with E-state index in [0.717, 1.165) is 6.42 Å². The van der Waals surface area contributed by atoms with E-state index in [2.05, 4.69) is 50.8 Å². The number of rotatable bonds is 2. The first-order valence-electron chi connectivity index (χ1n) is 6.35. The zero-order valence-electron chi connectivity index (χ0n) is 11.4. The van der Waals surface area contributed by atoms with E-state index in [9.17, 15) is 0 Å². The van der Waals surface area contributed by atoms with Gasteiger partial charge in [-0.3, -0.25) is 0 Å². The van der Waals surface area contributed by atoms with E-state index >= 15 is 0 Å². The molecule has 0 radical (unpaired) electrons. The molecule has 1 aliphatic rings. The van der Waals surface area contributed by atoms with Gasteiger partial charge in [-0.05, 0) is 48.1 Å². The summed E-state index contributed by atoms with van der Waals surface area (Å²) in [5.74, 6) is 0. The predicted octanol–water partition coefficient (Wildman–Crippen LogP) is 5.09. The predicted molar refractivity (Wildman–Crippen MR) is 78.2 cm³/mol. The van der Waals surface area contributed by atoms with Crippen LogP contribution in [0.2, 0.25) is 0 Å². The van der Waals surface area contributed by atoms with Crippen molar-refractivity contribution in [3.63, 3.8) is 0 Å². The fraction of sp³-hybridized carbons (Fsp3) is 0.294. The minimum Gasteiger partial charge on any atom is -0.0988 e. The maximum Gasteiger partial charge on any atom is -0.00110 e. The first kappa shape index (κ1) is 13.5. The number of hydrogen-bond acceptors (Lipinski definition) is 0. The third kappa shape index (κ3) is 2.58. The molecule has 0 fully saturated rings. The van der Waals surface area contributed by atoms with Crippen LogP contribution in [0.5, 0.6) is 0 Å². The van der Waals surface area contributed by atoms with Crippen LogP contribution in [0.15, 0.2) is 48.6 Å². The molecule has 0 heterocycles. The second kappa shape index (κ2) is 6.24. The molecule has 0 spiro atoms. The second-order valence-corrected chi connectivity index (χ2v) is 3.92. The molecule has 90 valence electrons. The lowest BCUT2D eigenvalue weighted by atomic mass is 10.0. The van der Waals surface area contributed by atoms with Gasteiger partial charge >= 0.3 is 0 Å². The molecule has 0 N–H and O–H groups in total. The van der Waals surface area contributed by atoms with Crippen LogP contribution in [-0.4, -0.2) is 0 Å². The largest absolute Gasteiger partial charge is 0.0988 e. The van der Waals surface area contributed by atoms with E-state index in [1.165, 1.54) is 27.8 Å². The van der Waals surface area contributed by atoms with Crippen molar-refractivity contribution in [1.29, 1.82) is 0 Å². The Morgan fingerprint density at radius 3 is 2.53 bits per heavy atom. The maximum atomic E-state index is 3.90. The third-order valence-electron chi connectivity index (χ3n) is 2.99. The molecule has 0 bridgehead atoms. The van der Waals surface area contributed by atoms with Crippen molar-refractivity contribution in [3.8, 4) is 0 Å². The smallest absolute Gasteiger partial charge is 0.00110 e. The minimum absolute atomic E-state index is 1.03. The second-order valence-electron chi connectivity index (χ2n) is 3.92. The van der Waals surface area contributed by atoms with Crippen LogP contribution in [0.25, 0.3) is 5.57 Å². The Morgan fingerprint density at radius 1 is 1.24 bits per heavy atom. The topological polar surface area (TPSA) is 0 Å². The zero-order chi connectivity index (χ0) is 12.8. The van der Waals surface area contributed by atoms with Crippen molar-refractivity contribution in [3.05, 3.63) is 65.3 Å². The molecule has 2 rings (SSSR count). The average molecular weight is 226 g/mol. The molecule has 0 unspecified atom stereocenters. The molecule has 17 heavy (non-hydrogen) atoms. The molecule has 0 aliphatic heterocycles. The van der Waals surface area contributed by atoms with Crippen LogP contribution in [0.3, 0.4) is 0 Å². The molecule has 1 aromatic rings. The van der Waals surface area contributed by atoms with Crippen LogP contribution in [0, 0.1) is 6.92 Å². The van der Waals surface area contributed by atoms with Crippen LogP contribution in [-0.2, 0) is 6.42 Å². The number of hydrogen-bond donors (Lipinski definition) is 0. The zero-order valence-corrected chi connectivity index (χ0v) is 11.4. The summed E-state index contributed by atoms with van der Waals surface area (Å²) in [6, 6.07) is 6.51. The van der Waals surface area contributed by atoms with Crippen molar-refractivity contribution in [1.82, 2.24) is 0 Å². The molecular formula is C17H22. The van der Waals surface area contributed by atoms with E-state index in [4.69, 9.17) is 0 Å². The Morgan fingerprint density at radius 2 is 1.94 bits per heavy atom. The standard InChI is InChI=1S/C15H16.C2H6/c1-4-7-13-12(5-2)10-15-11(3)8-6-9-14(13)15;1-2/h4-9H,2,10H2,1,3H3;1-2H3/b7-4-;. The van der Waals surface area contributed by atoms with Crippen molar-refractivity contribution < 1.29 is 0 Å². The number of allylic oxidation sites excluding steroid dienone is 5. The lowest BCUT2D eigenvalue weighted by Gasteiger charge is -2.03. The molecule has 0 saturated heterocycles. The van der Waals surface area contributed by atoms with E-state index < -0.39 is 0 Å². The lowest BCUT2D eigenvalue weighted by Crippen LogP contribution is -1.87. The quantitative estimate of drug-likeness (QED) is 0.658. The van der Waals surface area contributed by atoms with Gasteiger partial charge in [-0.15, -0.1) is 0 Å². The van der Waals surface area contributed by atoms with Crippen molar-refractivity contribution in [2.45, 2.75) is 34.1 Å². The van der Waals surface area contributed by atoms with Gasteiger partial charge in [0.1, 0.15) is 0 Å². The normalized spacial score (nSPS) is 13.4. The summed E-state index contributed by atoms with van der Waals surface area (Å²) >= 11 is 0. The first-order valence-corrected chi connectivity index (χ1v) is 6.35. The van der Waals surface area contributed by atoms with Crippen LogP contribution < -0.4 is 0 Å². The number of fused-ring (bicyclic) bond motifs is 1. The summed E-state index contributed by atoms with van der Waals surface area (Å²) in [6.45, 7) is 12.1. The summed E-state index contributed by atoms with van der Waals surface area (Å²) in [7, 11) is 0. The van der Waals surface area contributed by atoms with E-state index in [-0.39, 0.29) is 0 Å². The summed E-state index contributed by atoms with van der Waals surface area (Å²) in [5, 5.41) is 0. The van der Waals surface area contributed by atoms with Gasteiger partial charge in [-0.25, -0.2) is 0 Å². The van der Waals surface area contributed by atoms with Crippen molar-refractivity contribution in [2.24, 2.45) is 0 Å². The van der Waals surface area contributed by atoms with E-state index in [0.29, 0.717) is 0 Å². The summed E-state index contributed by atoms with van der Waals surface area (Å²) in [4.78, 5) is 0. The molecule has 0 aromatic heterocycles.